The number of amides is 1. The molecule has 4 atom stereocenters. The van der Waals surface area contributed by atoms with Crippen molar-refractivity contribution >= 4 is 12.1 Å². The van der Waals surface area contributed by atoms with Gasteiger partial charge in [-0.1, -0.05) is 20.8 Å². The molecule has 1 heterocycles. The highest BCUT2D eigenvalue weighted by Crippen LogP contribution is 2.52. The molecule has 0 bridgehead atoms. The van der Waals surface area contributed by atoms with E-state index in [-0.39, 0.29) is 17.4 Å². The molecule has 0 aromatic carbocycles. The standard InChI is InChI=1S/C21H40N4O3/c1-9-22-18(24-16-15-10-11-27-17(15)21(16,6)7)23-12-14(2)13-25(8)19(26)28-20(3,4)5/h14-17H,9-13H2,1-8H3,(H2,22,23,24). The topological polar surface area (TPSA) is 75.2 Å². The number of aliphatic imine (C=N–C) groups is 1. The average Bonchev–Trinajstić information content (AvgIpc) is 3.02. The van der Waals surface area contributed by atoms with Crippen LogP contribution in [0.4, 0.5) is 4.79 Å². The first-order valence-electron chi connectivity index (χ1n) is 10.6. The van der Waals surface area contributed by atoms with Crippen LogP contribution in [0.3, 0.4) is 0 Å². The Bertz CT molecular complexity index is 570. The van der Waals surface area contributed by atoms with Gasteiger partial charge in [0, 0.05) is 50.7 Å². The number of rotatable bonds is 6. The molecule has 0 aromatic rings. The molecule has 7 nitrogen and oxygen atoms in total. The lowest BCUT2D eigenvalue weighted by molar-refractivity contribution is -0.106. The number of fused-ring (bicyclic) bond motifs is 1. The Morgan fingerprint density at radius 3 is 2.68 bits per heavy atom. The Morgan fingerprint density at radius 2 is 2.07 bits per heavy atom. The van der Waals surface area contributed by atoms with Crippen molar-refractivity contribution in [2.24, 2.45) is 22.2 Å². The van der Waals surface area contributed by atoms with Gasteiger partial charge < -0.3 is 25.0 Å². The Balaban J connectivity index is 1.88. The third-order valence-electron chi connectivity index (χ3n) is 5.59. The van der Waals surface area contributed by atoms with Crippen LogP contribution in [0.5, 0.6) is 0 Å². The minimum absolute atomic E-state index is 0.111. The Kier molecular flexibility index (Phi) is 7.23. The van der Waals surface area contributed by atoms with E-state index in [1.165, 1.54) is 0 Å². The largest absolute Gasteiger partial charge is 0.444 e. The molecule has 0 spiro atoms. The van der Waals surface area contributed by atoms with Crippen LogP contribution >= 0.6 is 0 Å². The summed E-state index contributed by atoms with van der Waals surface area (Å²) in [5.41, 5.74) is -0.369. The van der Waals surface area contributed by atoms with Crippen molar-refractivity contribution in [2.45, 2.75) is 72.6 Å². The van der Waals surface area contributed by atoms with Crippen molar-refractivity contribution in [3.8, 4) is 0 Å². The van der Waals surface area contributed by atoms with Gasteiger partial charge in [0.25, 0.3) is 0 Å². The van der Waals surface area contributed by atoms with E-state index in [4.69, 9.17) is 14.5 Å². The summed E-state index contributed by atoms with van der Waals surface area (Å²) in [6, 6.07) is 0.373. The van der Waals surface area contributed by atoms with Gasteiger partial charge in [-0.2, -0.15) is 0 Å². The zero-order valence-electron chi connectivity index (χ0n) is 19.0. The van der Waals surface area contributed by atoms with Gasteiger partial charge in [-0.25, -0.2) is 4.79 Å². The van der Waals surface area contributed by atoms with Gasteiger partial charge in [-0.3, -0.25) is 4.99 Å². The van der Waals surface area contributed by atoms with Crippen molar-refractivity contribution in [1.29, 1.82) is 0 Å². The first-order valence-corrected chi connectivity index (χ1v) is 10.6. The molecule has 1 amide bonds. The van der Waals surface area contributed by atoms with Gasteiger partial charge >= 0.3 is 6.09 Å². The van der Waals surface area contributed by atoms with Gasteiger partial charge in [0.2, 0.25) is 0 Å². The van der Waals surface area contributed by atoms with Gasteiger partial charge in [-0.15, -0.1) is 0 Å². The summed E-state index contributed by atoms with van der Waals surface area (Å²) in [4.78, 5) is 18.5. The maximum atomic E-state index is 12.1. The van der Waals surface area contributed by atoms with E-state index in [1.807, 2.05) is 20.8 Å². The molecule has 2 aliphatic rings. The summed E-state index contributed by atoms with van der Waals surface area (Å²) < 4.78 is 11.3. The van der Waals surface area contributed by atoms with E-state index >= 15 is 0 Å². The highest BCUT2D eigenvalue weighted by Gasteiger charge is 2.59. The fourth-order valence-electron chi connectivity index (χ4n) is 4.27. The van der Waals surface area contributed by atoms with Crippen LogP contribution in [-0.4, -0.2) is 68.0 Å². The van der Waals surface area contributed by atoms with E-state index < -0.39 is 5.60 Å². The molecule has 1 aliphatic carbocycles. The molecule has 2 fully saturated rings. The van der Waals surface area contributed by atoms with Crippen LogP contribution in [0.25, 0.3) is 0 Å². The number of carbonyl (C=O) groups excluding carboxylic acids is 1. The van der Waals surface area contributed by atoms with Crippen molar-refractivity contribution < 1.29 is 14.3 Å². The molecular weight excluding hydrogens is 356 g/mol. The average molecular weight is 397 g/mol. The van der Waals surface area contributed by atoms with Crippen molar-refractivity contribution in [2.75, 3.05) is 33.3 Å². The van der Waals surface area contributed by atoms with E-state index in [0.717, 1.165) is 25.5 Å². The summed E-state index contributed by atoms with van der Waals surface area (Å²) >= 11 is 0. The SMILES string of the molecule is CCNC(=NCC(C)CN(C)C(=O)OC(C)(C)C)NC1C2CCOC2C1(C)C. The molecule has 28 heavy (non-hydrogen) atoms. The number of ether oxygens (including phenoxy) is 2. The van der Waals surface area contributed by atoms with Crippen molar-refractivity contribution in [3.05, 3.63) is 0 Å². The quantitative estimate of drug-likeness (QED) is 0.533. The predicted octanol–water partition coefficient (Wildman–Crippen LogP) is 2.86. The minimum Gasteiger partial charge on any atom is -0.444 e. The first-order chi connectivity index (χ1) is 13.0. The van der Waals surface area contributed by atoms with Gasteiger partial charge in [-0.05, 0) is 40.0 Å². The molecule has 4 unspecified atom stereocenters. The summed E-state index contributed by atoms with van der Waals surface area (Å²) in [5.74, 6) is 1.64. The number of nitrogens with zero attached hydrogens (tertiary/aromatic N) is 2. The van der Waals surface area contributed by atoms with Crippen molar-refractivity contribution in [3.63, 3.8) is 0 Å². The molecule has 1 saturated heterocycles. The second kappa shape index (κ2) is 8.89. The van der Waals surface area contributed by atoms with Crippen LogP contribution < -0.4 is 10.6 Å². The summed E-state index contributed by atoms with van der Waals surface area (Å²) in [6.07, 6.45) is 1.17. The Hall–Kier alpha value is -1.50. The Morgan fingerprint density at radius 1 is 1.39 bits per heavy atom. The predicted molar refractivity (Wildman–Crippen MR) is 113 cm³/mol. The lowest BCUT2D eigenvalue weighted by Gasteiger charge is -2.54. The maximum absolute atomic E-state index is 12.1. The molecule has 2 N–H and O–H groups in total. The number of guanidine groups is 1. The molecule has 162 valence electrons. The summed E-state index contributed by atoms with van der Waals surface area (Å²) in [6.45, 7) is 17.2. The van der Waals surface area contributed by atoms with Crippen LogP contribution in [0, 0.1) is 17.3 Å². The third-order valence-corrected chi connectivity index (χ3v) is 5.59. The lowest BCUT2D eigenvalue weighted by atomic mass is 9.57. The second-order valence-corrected chi connectivity index (χ2v) is 9.87. The van der Waals surface area contributed by atoms with Crippen LogP contribution in [0.2, 0.25) is 0 Å². The van der Waals surface area contributed by atoms with E-state index in [1.54, 1.807) is 11.9 Å². The van der Waals surface area contributed by atoms with Crippen molar-refractivity contribution in [1.82, 2.24) is 15.5 Å². The fraction of sp³-hybridized carbons (Fsp3) is 0.905. The van der Waals surface area contributed by atoms with Crippen LogP contribution in [-0.2, 0) is 9.47 Å². The fourth-order valence-corrected chi connectivity index (χ4v) is 4.27. The third kappa shape index (κ3) is 5.52. The molecule has 7 heteroatoms. The zero-order valence-corrected chi connectivity index (χ0v) is 19.0. The normalized spacial score (nSPS) is 27.4. The summed E-state index contributed by atoms with van der Waals surface area (Å²) in [5, 5.41) is 6.99. The molecular formula is C21H40N4O3. The first kappa shape index (κ1) is 22.8. The number of carbonyl (C=O) groups is 1. The highest BCUT2D eigenvalue weighted by molar-refractivity contribution is 5.80. The monoisotopic (exact) mass is 396 g/mol. The zero-order chi connectivity index (χ0) is 21.1. The minimum atomic E-state index is -0.480. The second-order valence-electron chi connectivity index (χ2n) is 9.87. The van der Waals surface area contributed by atoms with E-state index in [2.05, 4.69) is 38.3 Å². The van der Waals surface area contributed by atoms with Gasteiger partial charge in [0.1, 0.15) is 5.60 Å². The number of hydrogen-bond donors (Lipinski definition) is 2. The molecule has 0 aromatic heterocycles. The highest BCUT2D eigenvalue weighted by atomic mass is 16.6. The summed E-state index contributed by atoms with van der Waals surface area (Å²) in [7, 11) is 1.77. The maximum Gasteiger partial charge on any atom is 0.410 e. The molecule has 2 rings (SSSR count). The smallest absolute Gasteiger partial charge is 0.410 e. The van der Waals surface area contributed by atoms with E-state index in [9.17, 15) is 4.79 Å². The lowest BCUT2D eigenvalue weighted by Crippen LogP contribution is -2.68. The molecule has 1 aliphatic heterocycles. The number of hydrogen-bond acceptors (Lipinski definition) is 4. The van der Waals surface area contributed by atoms with E-state index in [0.29, 0.717) is 31.2 Å². The molecule has 0 radical (unpaired) electrons. The molecule has 1 saturated carbocycles. The van der Waals surface area contributed by atoms with Gasteiger partial charge in [0.15, 0.2) is 5.96 Å². The van der Waals surface area contributed by atoms with Crippen LogP contribution in [0.1, 0.15) is 54.9 Å². The Labute approximate surface area is 170 Å². The van der Waals surface area contributed by atoms with Crippen LogP contribution in [0.15, 0.2) is 4.99 Å². The van der Waals surface area contributed by atoms with Gasteiger partial charge in [0.05, 0.1) is 6.10 Å². The number of nitrogens with one attached hydrogen (secondary N) is 2.